The molecule has 25 heavy (non-hydrogen) atoms. The van der Waals surface area contributed by atoms with Crippen LogP contribution in [0.1, 0.15) is 19.3 Å². The summed E-state index contributed by atoms with van der Waals surface area (Å²) in [5, 5.41) is 12.2. The Bertz CT molecular complexity index is 717. The second kappa shape index (κ2) is 6.92. The molecule has 1 heterocycles. The Morgan fingerprint density at radius 3 is 2.68 bits per heavy atom. The highest BCUT2D eigenvalue weighted by Gasteiger charge is 2.40. The predicted molar refractivity (Wildman–Crippen MR) is 90.8 cm³/mol. The van der Waals surface area contributed by atoms with E-state index in [0.29, 0.717) is 29.3 Å². The number of carbonyl (C=O) groups is 3. The zero-order valence-electron chi connectivity index (χ0n) is 13.7. The minimum Gasteiger partial charge on any atom is -0.495 e. The Labute approximate surface area is 149 Å². The second-order valence-electron chi connectivity index (χ2n) is 6.43. The number of nitrogens with one attached hydrogen (secondary N) is 1. The molecule has 1 aromatic rings. The molecule has 7 nitrogen and oxygen atoms in total. The molecule has 2 fully saturated rings. The lowest BCUT2D eigenvalue weighted by Crippen LogP contribution is -2.48. The summed E-state index contributed by atoms with van der Waals surface area (Å²) in [6, 6.07) is 4.86. The summed E-state index contributed by atoms with van der Waals surface area (Å²) in [5.74, 6) is -1.56. The Hall–Kier alpha value is -2.28. The Morgan fingerprint density at radius 1 is 1.32 bits per heavy atom. The largest absolute Gasteiger partial charge is 0.495 e. The van der Waals surface area contributed by atoms with Crippen LogP contribution in [0.15, 0.2) is 18.2 Å². The van der Waals surface area contributed by atoms with E-state index in [4.69, 9.17) is 21.4 Å². The van der Waals surface area contributed by atoms with Gasteiger partial charge in [0.1, 0.15) is 5.75 Å². The lowest BCUT2D eigenvalue weighted by molar-refractivity contribution is -0.146. The molecule has 1 saturated carbocycles. The number of carboxylic acids is 1. The summed E-state index contributed by atoms with van der Waals surface area (Å²) in [6.45, 7) is 0.246. The van der Waals surface area contributed by atoms with Crippen LogP contribution in [0.3, 0.4) is 0 Å². The number of methoxy groups -OCH3 is 1. The van der Waals surface area contributed by atoms with Crippen molar-refractivity contribution in [2.45, 2.75) is 25.3 Å². The van der Waals surface area contributed by atoms with Crippen LogP contribution in [-0.2, 0) is 14.4 Å². The Kier molecular flexibility index (Phi) is 4.85. The zero-order chi connectivity index (χ0) is 18.1. The molecular weight excluding hydrogens is 348 g/mol. The molecule has 1 saturated heterocycles. The van der Waals surface area contributed by atoms with Crippen LogP contribution < -0.4 is 15.0 Å². The fraction of sp³-hybridized carbons (Fsp3) is 0.471. The first-order valence-electron chi connectivity index (χ1n) is 8.06. The first-order chi connectivity index (χ1) is 11.9. The van der Waals surface area contributed by atoms with Crippen LogP contribution in [-0.4, -0.2) is 42.6 Å². The third-order valence-electron chi connectivity index (χ3n) is 4.76. The normalized spacial score (nSPS) is 25.4. The maximum atomic E-state index is 12.4. The SMILES string of the molecule is COc1ccc(Cl)cc1N1CC(C(=O)NC2CC(C(=O)O)C2)CC1=O. The smallest absolute Gasteiger partial charge is 0.306 e. The van der Waals surface area contributed by atoms with Gasteiger partial charge in [-0.15, -0.1) is 0 Å². The third-order valence-corrected chi connectivity index (χ3v) is 5.00. The number of carboxylic acid groups (broad SMARTS) is 1. The molecule has 134 valence electrons. The molecule has 0 bridgehead atoms. The maximum Gasteiger partial charge on any atom is 0.306 e. The van der Waals surface area contributed by atoms with Gasteiger partial charge in [-0.05, 0) is 31.0 Å². The number of benzene rings is 1. The Morgan fingerprint density at radius 2 is 2.04 bits per heavy atom. The molecule has 0 aromatic heterocycles. The number of carbonyl (C=O) groups excluding carboxylic acids is 2. The summed E-state index contributed by atoms with van der Waals surface area (Å²) in [4.78, 5) is 37.0. The van der Waals surface area contributed by atoms with Gasteiger partial charge in [-0.2, -0.15) is 0 Å². The maximum absolute atomic E-state index is 12.4. The molecule has 0 radical (unpaired) electrons. The van der Waals surface area contributed by atoms with Crippen molar-refractivity contribution >= 4 is 35.1 Å². The molecule has 8 heteroatoms. The highest BCUT2D eigenvalue weighted by Crippen LogP contribution is 2.35. The van der Waals surface area contributed by atoms with E-state index < -0.39 is 11.9 Å². The van der Waals surface area contributed by atoms with Crippen LogP contribution >= 0.6 is 11.6 Å². The number of nitrogens with zero attached hydrogens (tertiary/aromatic N) is 1. The van der Waals surface area contributed by atoms with E-state index in [2.05, 4.69) is 5.32 Å². The highest BCUT2D eigenvalue weighted by atomic mass is 35.5. The standard InChI is InChI=1S/C17H19ClN2O5/c1-25-14-3-2-11(18)7-13(14)20-8-10(6-15(20)21)16(22)19-12-4-9(5-12)17(23)24/h2-3,7,9-10,12H,4-6,8H2,1H3,(H,19,22)(H,23,24). The molecule has 2 N–H and O–H groups in total. The molecule has 1 unspecified atom stereocenters. The van der Waals surface area contributed by atoms with Gasteiger partial charge >= 0.3 is 5.97 Å². The molecule has 1 atom stereocenters. The van der Waals surface area contributed by atoms with Crippen molar-refractivity contribution < 1.29 is 24.2 Å². The van der Waals surface area contributed by atoms with Gasteiger partial charge in [-0.25, -0.2) is 0 Å². The first-order valence-corrected chi connectivity index (χ1v) is 8.44. The van der Waals surface area contributed by atoms with E-state index in [0.717, 1.165) is 0 Å². The van der Waals surface area contributed by atoms with E-state index in [9.17, 15) is 14.4 Å². The van der Waals surface area contributed by atoms with E-state index in [-0.39, 0.29) is 36.7 Å². The third kappa shape index (κ3) is 3.56. The number of halogens is 1. The van der Waals surface area contributed by atoms with Crippen molar-refractivity contribution in [1.82, 2.24) is 5.32 Å². The second-order valence-corrected chi connectivity index (χ2v) is 6.87. The van der Waals surface area contributed by atoms with E-state index in [1.54, 1.807) is 18.2 Å². The van der Waals surface area contributed by atoms with Gasteiger partial charge in [-0.3, -0.25) is 14.4 Å². The van der Waals surface area contributed by atoms with E-state index in [1.165, 1.54) is 12.0 Å². The molecule has 0 spiro atoms. The number of ether oxygens (including phenoxy) is 1. The lowest BCUT2D eigenvalue weighted by atomic mass is 9.80. The van der Waals surface area contributed by atoms with Gasteiger partial charge in [0.25, 0.3) is 0 Å². The summed E-state index contributed by atoms with van der Waals surface area (Å²) in [7, 11) is 1.51. The molecule has 1 aliphatic heterocycles. The van der Waals surface area contributed by atoms with Crippen molar-refractivity contribution in [3.05, 3.63) is 23.2 Å². The van der Waals surface area contributed by atoms with Crippen molar-refractivity contribution in [2.75, 3.05) is 18.6 Å². The fourth-order valence-electron chi connectivity index (χ4n) is 3.25. The van der Waals surface area contributed by atoms with Crippen LogP contribution in [0.25, 0.3) is 0 Å². The first kappa shape index (κ1) is 17.5. The number of hydrogen-bond acceptors (Lipinski definition) is 4. The number of aliphatic carboxylic acids is 1. The average Bonchev–Trinajstić information content (AvgIpc) is 2.91. The summed E-state index contributed by atoms with van der Waals surface area (Å²) >= 11 is 6.01. The number of anilines is 1. The van der Waals surface area contributed by atoms with E-state index in [1.807, 2.05) is 0 Å². The zero-order valence-corrected chi connectivity index (χ0v) is 14.5. The molecule has 2 aliphatic rings. The van der Waals surface area contributed by atoms with Crippen molar-refractivity contribution in [2.24, 2.45) is 11.8 Å². The van der Waals surface area contributed by atoms with Crippen LogP contribution in [0.2, 0.25) is 5.02 Å². The number of rotatable bonds is 5. The Balaban J connectivity index is 1.64. The van der Waals surface area contributed by atoms with Crippen molar-refractivity contribution in [1.29, 1.82) is 0 Å². The molecule has 3 rings (SSSR count). The van der Waals surface area contributed by atoms with Crippen LogP contribution in [0, 0.1) is 11.8 Å². The molecule has 1 aromatic carbocycles. The van der Waals surface area contributed by atoms with Gasteiger partial charge in [0.15, 0.2) is 0 Å². The summed E-state index contributed by atoms with van der Waals surface area (Å²) < 4.78 is 5.27. The fourth-order valence-corrected chi connectivity index (χ4v) is 3.41. The summed E-state index contributed by atoms with van der Waals surface area (Å²) in [6.07, 6.45) is 0.984. The van der Waals surface area contributed by atoms with E-state index >= 15 is 0 Å². The number of amides is 2. The van der Waals surface area contributed by atoms with Crippen LogP contribution in [0.4, 0.5) is 5.69 Å². The topological polar surface area (TPSA) is 95.9 Å². The average molecular weight is 367 g/mol. The number of hydrogen-bond donors (Lipinski definition) is 2. The molecular formula is C17H19ClN2O5. The molecule has 1 aliphatic carbocycles. The van der Waals surface area contributed by atoms with Crippen molar-refractivity contribution in [3.63, 3.8) is 0 Å². The minimum absolute atomic E-state index is 0.108. The van der Waals surface area contributed by atoms with Gasteiger partial charge < -0.3 is 20.1 Å². The predicted octanol–water partition coefficient (Wildman–Crippen LogP) is 1.68. The highest BCUT2D eigenvalue weighted by molar-refractivity contribution is 6.31. The monoisotopic (exact) mass is 366 g/mol. The van der Waals surface area contributed by atoms with Gasteiger partial charge in [0.2, 0.25) is 11.8 Å². The molecule has 2 amide bonds. The summed E-state index contributed by atoms with van der Waals surface area (Å²) in [5.41, 5.74) is 0.546. The van der Waals surface area contributed by atoms with Gasteiger partial charge in [0.05, 0.1) is 24.6 Å². The lowest BCUT2D eigenvalue weighted by Gasteiger charge is -2.33. The quantitative estimate of drug-likeness (QED) is 0.826. The van der Waals surface area contributed by atoms with Crippen molar-refractivity contribution in [3.8, 4) is 5.75 Å². The van der Waals surface area contributed by atoms with Gasteiger partial charge in [0, 0.05) is 24.0 Å². The van der Waals surface area contributed by atoms with Crippen LogP contribution in [0.5, 0.6) is 5.75 Å². The van der Waals surface area contributed by atoms with Gasteiger partial charge in [-0.1, -0.05) is 11.6 Å². The minimum atomic E-state index is -0.833.